The van der Waals surface area contributed by atoms with Crippen LogP contribution in [0.25, 0.3) is 20.3 Å². The van der Waals surface area contributed by atoms with Crippen LogP contribution >= 0.6 is 11.3 Å². The van der Waals surface area contributed by atoms with E-state index in [1.807, 2.05) is 43.3 Å². The number of rotatable bonds is 6. The maximum absolute atomic E-state index is 13.6. The van der Waals surface area contributed by atoms with Gasteiger partial charge in [0.05, 0.1) is 30.6 Å². The van der Waals surface area contributed by atoms with Gasteiger partial charge in [-0.25, -0.2) is 4.79 Å². The molecule has 0 fully saturated rings. The first-order valence-electron chi connectivity index (χ1n) is 10.9. The van der Waals surface area contributed by atoms with Crippen molar-refractivity contribution in [1.29, 1.82) is 0 Å². The number of amides is 1. The zero-order valence-electron chi connectivity index (χ0n) is 19.4. The number of fused-ring (bicyclic) bond motifs is 3. The van der Waals surface area contributed by atoms with E-state index < -0.39 is 11.6 Å². The summed E-state index contributed by atoms with van der Waals surface area (Å²) in [6, 6.07) is 14.7. The number of carbonyl (C=O) groups excluding carboxylic acids is 1. The van der Waals surface area contributed by atoms with Crippen LogP contribution in [0.4, 0.5) is 5.69 Å². The Hall–Kier alpha value is -4.18. The van der Waals surface area contributed by atoms with Gasteiger partial charge < -0.3 is 10.1 Å². The summed E-state index contributed by atoms with van der Waals surface area (Å²) in [5, 5.41) is 7.72. The molecule has 2 aromatic carbocycles. The third kappa shape index (κ3) is 4.01. The second-order valence-electron chi connectivity index (χ2n) is 8.23. The standard InChI is InChI=1S/C25H23N5O4S/c1-15-8-9-18(19(12-15)34-3)27-21(31)14-29-22-17-6-4-5-7-20(17)35-23(22)24(32)30(25(29)33)13-16-10-11-26-28(16)2/h4-12H,13-14H2,1-3H3,(H,27,31). The zero-order chi connectivity index (χ0) is 24.7. The molecule has 0 spiro atoms. The van der Waals surface area contributed by atoms with Crippen LogP contribution in [0.15, 0.2) is 64.3 Å². The second kappa shape index (κ2) is 8.88. The minimum absolute atomic E-state index is 0.0474. The van der Waals surface area contributed by atoms with Crippen molar-refractivity contribution in [1.82, 2.24) is 18.9 Å². The smallest absolute Gasteiger partial charge is 0.332 e. The molecule has 3 aromatic heterocycles. The van der Waals surface area contributed by atoms with E-state index in [4.69, 9.17) is 4.74 Å². The highest BCUT2D eigenvalue weighted by atomic mass is 32.1. The Morgan fingerprint density at radius 2 is 1.91 bits per heavy atom. The molecule has 0 saturated heterocycles. The lowest BCUT2D eigenvalue weighted by atomic mass is 10.2. The molecule has 0 radical (unpaired) electrons. The van der Waals surface area contributed by atoms with Crippen LogP contribution in [0.3, 0.4) is 0 Å². The van der Waals surface area contributed by atoms with Gasteiger partial charge in [-0.05, 0) is 36.8 Å². The molecular formula is C25H23N5O4S. The topological polar surface area (TPSA) is 100 Å². The number of benzene rings is 2. The van der Waals surface area contributed by atoms with E-state index in [0.29, 0.717) is 27.3 Å². The van der Waals surface area contributed by atoms with E-state index in [1.54, 1.807) is 30.1 Å². The van der Waals surface area contributed by atoms with Crippen molar-refractivity contribution >= 4 is 43.2 Å². The molecule has 0 saturated carbocycles. The fourth-order valence-electron chi connectivity index (χ4n) is 4.14. The van der Waals surface area contributed by atoms with Gasteiger partial charge in [-0.2, -0.15) is 5.10 Å². The molecule has 0 unspecified atom stereocenters. The summed E-state index contributed by atoms with van der Waals surface area (Å²) in [5.41, 5.74) is 1.72. The quantitative estimate of drug-likeness (QED) is 0.395. The van der Waals surface area contributed by atoms with Crippen LogP contribution in [0.2, 0.25) is 0 Å². The van der Waals surface area contributed by atoms with E-state index in [-0.39, 0.29) is 18.6 Å². The maximum atomic E-state index is 13.6. The van der Waals surface area contributed by atoms with Gasteiger partial charge in [0.25, 0.3) is 5.56 Å². The largest absolute Gasteiger partial charge is 0.495 e. The number of nitrogens with one attached hydrogen (secondary N) is 1. The van der Waals surface area contributed by atoms with Crippen molar-refractivity contribution in [2.24, 2.45) is 7.05 Å². The van der Waals surface area contributed by atoms with E-state index >= 15 is 0 Å². The van der Waals surface area contributed by atoms with Gasteiger partial charge in [-0.3, -0.25) is 23.4 Å². The van der Waals surface area contributed by atoms with E-state index in [9.17, 15) is 14.4 Å². The predicted octanol–water partition coefficient (Wildman–Crippen LogP) is 3.12. The van der Waals surface area contributed by atoms with Gasteiger partial charge in [0.1, 0.15) is 17.0 Å². The van der Waals surface area contributed by atoms with Crippen molar-refractivity contribution in [2.45, 2.75) is 20.0 Å². The van der Waals surface area contributed by atoms with Gasteiger partial charge in [-0.15, -0.1) is 11.3 Å². The van der Waals surface area contributed by atoms with Crippen LogP contribution in [0, 0.1) is 6.92 Å². The second-order valence-corrected chi connectivity index (χ2v) is 9.29. The average Bonchev–Trinajstić information content (AvgIpc) is 3.44. The van der Waals surface area contributed by atoms with E-state index in [2.05, 4.69) is 10.4 Å². The Bertz CT molecular complexity index is 1710. The van der Waals surface area contributed by atoms with Crippen molar-refractivity contribution < 1.29 is 9.53 Å². The third-order valence-corrected chi connectivity index (χ3v) is 7.06. The number of nitrogens with zero attached hydrogens (tertiary/aromatic N) is 4. The number of aryl methyl sites for hydroxylation is 2. The molecule has 10 heteroatoms. The van der Waals surface area contributed by atoms with Gasteiger partial charge in [-0.1, -0.05) is 24.3 Å². The Labute approximate surface area is 203 Å². The molecule has 5 aromatic rings. The first kappa shape index (κ1) is 22.6. The zero-order valence-corrected chi connectivity index (χ0v) is 20.3. The molecule has 1 amide bonds. The van der Waals surface area contributed by atoms with Crippen LogP contribution in [0.5, 0.6) is 5.75 Å². The third-order valence-electron chi connectivity index (χ3n) is 5.92. The molecule has 3 heterocycles. The summed E-state index contributed by atoms with van der Waals surface area (Å²) < 4.78 is 10.8. The first-order chi connectivity index (χ1) is 16.9. The number of ether oxygens (including phenoxy) is 1. The molecule has 0 aliphatic carbocycles. The lowest BCUT2D eigenvalue weighted by Gasteiger charge is -2.14. The maximum Gasteiger partial charge on any atom is 0.332 e. The van der Waals surface area contributed by atoms with Gasteiger partial charge in [0, 0.05) is 23.3 Å². The Morgan fingerprint density at radius 1 is 1.11 bits per heavy atom. The number of thiophene rings is 1. The van der Waals surface area contributed by atoms with Gasteiger partial charge in [0.2, 0.25) is 5.91 Å². The molecule has 1 N–H and O–H groups in total. The summed E-state index contributed by atoms with van der Waals surface area (Å²) in [5.74, 6) is 0.120. The summed E-state index contributed by atoms with van der Waals surface area (Å²) in [7, 11) is 3.28. The van der Waals surface area contributed by atoms with Gasteiger partial charge >= 0.3 is 5.69 Å². The first-order valence-corrected chi connectivity index (χ1v) is 11.7. The van der Waals surface area contributed by atoms with Gasteiger partial charge in [0.15, 0.2) is 0 Å². The highest BCUT2D eigenvalue weighted by molar-refractivity contribution is 7.25. The summed E-state index contributed by atoms with van der Waals surface area (Å²) in [4.78, 5) is 40.2. The number of hydrogen-bond donors (Lipinski definition) is 1. The Balaban J connectivity index is 1.64. The van der Waals surface area contributed by atoms with Crippen LogP contribution in [-0.4, -0.2) is 31.9 Å². The minimum atomic E-state index is -0.557. The number of hydrogen-bond acceptors (Lipinski definition) is 6. The molecular weight excluding hydrogens is 466 g/mol. The molecule has 0 bridgehead atoms. The van der Waals surface area contributed by atoms with Crippen LogP contribution in [0.1, 0.15) is 11.3 Å². The fraction of sp³-hybridized carbons (Fsp3) is 0.200. The predicted molar refractivity (Wildman–Crippen MR) is 137 cm³/mol. The minimum Gasteiger partial charge on any atom is -0.495 e. The summed E-state index contributed by atoms with van der Waals surface area (Å²) in [6.07, 6.45) is 1.61. The molecule has 5 rings (SSSR count). The molecule has 0 aliphatic heterocycles. The monoisotopic (exact) mass is 489 g/mol. The molecule has 35 heavy (non-hydrogen) atoms. The van der Waals surface area contributed by atoms with Crippen LogP contribution < -0.4 is 21.3 Å². The summed E-state index contributed by atoms with van der Waals surface area (Å²) in [6.45, 7) is 1.71. The number of anilines is 1. The number of aromatic nitrogens is 4. The van der Waals surface area contributed by atoms with Crippen molar-refractivity contribution in [3.63, 3.8) is 0 Å². The summed E-state index contributed by atoms with van der Waals surface area (Å²) >= 11 is 1.31. The normalized spacial score (nSPS) is 11.3. The lowest BCUT2D eigenvalue weighted by molar-refractivity contribution is -0.116. The molecule has 0 atom stereocenters. The fourth-order valence-corrected chi connectivity index (χ4v) is 5.29. The SMILES string of the molecule is COc1cc(C)ccc1NC(=O)Cn1c(=O)n(Cc2ccnn2C)c(=O)c2sc3ccccc3c21. The van der Waals surface area contributed by atoms with E-state index in [1.165, 1.54) is 23.0 Å². The molecule has 178 valence electrons. The molecule has 9 nitrogen and oxygen atoms in total. The Morgan fingerprint density at radius 3 is 2.66 bits per heavy atom. The van der Waals surface area contributed by atoms with E-state index in [0.717, 1.165) is 20.2 Å². The highest BCUT2D eigenvalue weighted by Gasteiger charge is 2.21. The molecule has 0 aliphatic rings. The number of methoxy groups -OCH3 is 1. The van der Waals surface area contributed by atoms with Crippen molar-refractivity contribution in [3.8, 4) is 5.75 Å². The lowest BCUT2D eigenvalue weighted by Crippen LogP contribution is -2.41. The van der Waals surface area contributed by atoms with Crippen molar-refractivity contribution in [3.05, 3.63) is 86.8 Å². The van der Waals surface area contributed by atoms with Crippen LogP contribution in [-0.2, 0) is 24.9 Å². The Kier molecular flexibility index (Phi) is 5.73. The van der Waals surface area contributed by atoms with Crippen molar-refractivity contribution in [2.75, 3.05) is 12.4 Å². The average molecular weight is 490 g/mol. The number of carbonyl (C=O) groups is 1. The highest BCUT2D eigenvalue weighted by Crippen LogP contribution is 2.31.